The van der Waals surface area contributed by atoms with E-state index in [0.29, 0.717) is 5.56 Å². The highest BCUT2D eigenvalue weighted by atomic mass is 19.1. The largest absolute Gasteiger partial charge is 0.459 e. The lowest BCUT2D eigenvalue weighted by atomic mass is 10.2. The monoisotopic (exact) mass is 346 g/mol. The fraction of sp³-hybridized carbons (Fsp3) is 0.0588. The second-order valence-electron chi connectivity index (χ2n) is 4.99. The molecule has 0 radical (unpaired) electrons. The number of aromatic nitrogens is 2. The highest BCUT2D eigenvalue weighted by Gasteiger charge is 2.09. The van der Waals surface area contributed by atoms with Crippen molar-refractivity contribution in [2.24, 2.45) is 0 Å². The molecule has 0 spiro atoms. The van der Waals surface area contributed by atoms with Crippen molar-refractivity contribution in [1.82, 2.24) is 9.97 Å². The average molecular weight is 346 g/mol. The first kappa shape index (κ1) is 16.6. The number of nitrogens with one attached hydrogen (secondary N) is 2. The molecule has 0 bridgehead atoms. The third-order valence-corrected chi connectivity index (χ3v) is 3.19. The molecule has 0 unspecified atom stereocenters. The van der Waals surface area contributed by atoms with E-state index in [2.05, 4.69) is 20.8 Å². The van der Waals surface area contributed by atoms with Crippen LogP contribution in [0.5, 0.6) is 6.01 Å². The van der Waals surface area contributed by atoms with Crippen molar-refractivity contribution in [1.29, 1.82) is 0 Å². The van der Waals surface area contributed by atoms with Gasteiger partial charge in [0.2, 0.25) is 0 Å². The van der Waals surface area contributed by atoms with Gasteiger partial charge in [0.05, 0.1) is 11.9 Å². The van der Waals surface area contributed by atoms with Crippen LogP contribution in [0.2, 0.25) is 0 Å². The van der Waals surface area contributed by atoms with E-state index >= 15 is 0 Å². The van der Waals surface area contributed by atoms with E-state index in [1.807, 2.05) is 0 Å². The van der Waals surface area contributed by atoms with Crippen LogP contribution in [0.25, 0.3) is 0 Å². The number of hydrazine groups is 1. The first-order valence-corrected chi connectivity index (χ1v) is 7.28. The minimum Gasteiger partial charge on any atom is -0.459 e. The predicted molar refractivity (Wildman–Crippen MR) is 86.4 cm³/mol. The van der Waals surface area contributed by atoms with Gasteiger partial charge in [-0.3, -0.25) is 10.9 Å². The number of hydrogen-bond acceptors (Lipinski definition) is 5. The van der Waals surface area contributed by atoms with Crippen LogP contribution in [-0.4, -0.2) is 9.97 Å². The van der Waals surface area contributed by atoms with Gasteiger partial charge in [-0.2, -0.15) is 4.98 Å². The molecule has 1 heterocycles. The number of halogens is 3. The molecule has 8 heteroatoms. The normalized spacial score (nSPS) is 10.4. The van der Waals surface area contributed by atoms with E-state index < -0.39 is 11.6 Å². The van der Waals surface area contributed by atoms with Crippen molar-refractivity contribution in [2.45, 2.75) is 6.61 Å². The zero-order valence-corrected chi connectivity index (χ0v) is 12.8. The number of ether oxygens (including phenoxy) is 1. The number of anilines is 2. The summed E-state index contributed by atoms with van der Waals surface area (Å²) in [5, 5.41) is 0. The van der Waals surface area contributed by atoms with Gasteiger partial charge in [0, 0.05) is 0 Å². The summed E-state index contributed by atoms with van der Waals surface area (Å²) in [5.74, 6) is -1.80. The van der Waals surface area contributed by atoms with Crippen molar-refractivity contribution < 1.29 is 17.9 Å². The zero-order chi connectivity index (χ0) is 17.6. The smallest absolute Gasteiger partial charge is 0.318 e. The summed E-state index contributed by atoms with van der Waals surface area (Å²) in [7, 11) is 0. The average Bonchev–Trinajstić information content (AvgIpc) is 2.62. The van der Waals surface area contributed by atoms with Gasteiger partial charge in [0.15, 0.2) is 11.6 Å². The highest BCUT2D eigenvalue weighted by Crippen LogP contribution is 2.17. The second-order valence-corrected chi connectivity index (χ2v) is 4.99. The minimum absolute atomic E-state index is 0.0800. The van der Waals surface area contributed by atoms with Crippen LogP contribution in [-0.2, 0) is 6.61 Å². The van der Waals surface area contributed by atoms with Gasteiger partial charge in [-0.25, -0.2) is 18.2 Å². The highest BCUT2D eigenvalue weighted by molar-refractivity contribution is 5.50. The SMILES string of the molecule is Fc1ccc(COc2ncc(F)c(NNc3ccccc3F)n2)cc1. The maximum atomic E-state index is 13.8. The number of hydrogen-bond donors (Lipinski definition) is 2. The lowest BCUT2D eigenvalue weighted by Gasteiger charge is -2.11. The summed E-state index contributed by atoms with van der Waals surface area (Å²) >= 11 is 0. The van der Waals surface area contributed by atoms with E-state index in [1.54, 1.807) is 18.2 Å². The molecule has 25 heavy (non-hydrogen) atoms. The summed E-state index contributed by atoms with van der Waals surface area (Å²) in [4.78, 5) is 7.59. The lowest BCUT2D eigenvalue weighted by molar-refractivity contribution is 0.279. The molecule has 0 saturated carbocycles. The minimum atomic E-state index is -0.738. The Bertz CT molecular complexity index is 859. The van der Waals surface area contributed by atoms with Gasteiger partial charge < -0.3 is 4.74 Å². The maximum absolute atomic E-state index is 13.8. The van der Waals surface area contributed by atoms with E-state index in [-0.39, 0.29) is 29.9 Å². The fourth-order valence-electron chi connectivity index (χ4n) is 1.93. The first-order chi connectivity index (χ1) is 12.1. The van der Waals surface area contributed by atoms with Crippen LogP contribution in [0.15, 0.2) is 54.7 Å². The van der Waals surface area contributed by atoms with Gasteiger partial charge in [0.1, 0.15) is 18.2 Å². The second kappa shape index (κ2) is 7.52. The Hall–Kier alpha value is -3.29. The Morgan fingerprint density at radius 1 is 0.880 bits per heavy atom. The number of nitrogens with zero attached hydrogens (tertiary/aromatic N) is 2. The molecule has 0 aliphatic rings. The van der Waals surface area contributed by atoms with Crippen LogP contribution < -0.4 is 15.6 Å². The molecule has 0 amide bonds. The van der Waals surface area contributed by atoms with Crippen molar-refractivity contribution >= 4 is 11.5 Å². The zero-order valence-electron chi connectivity index (χ0n) is 12.8. The third-order valence-electron chi connectivity index (χ3n) is 3.19. The molecule has 1 aromatic heterocycles. The molecule has 0 atom stereocenters. The molecule has 0 fully saturated rings. The van der Waals surface area contributed by atoms with Crippen molar-refractivity contribution in [3.8, 4) is 6.01 Å². The number of benzene rings is 2. The molecule has 0 aliphatic heterocycles. The van der Waals surface area contributed by atoms with Crippen LogP contribution in [0.3, 0.4) is 0 Å². The predicted octanol–water partition coefficient (Wildman–Crippen LogP) is 3.91. The van der Waals surface area contributed by atoms with Crippen molar-refractivity contribution in [3.05, 3.63) is 77.7 Å². The Balaban J connectivity index is 1.65. The lowest BCUT2D eigenvalue weighted by Crippen LogP contribution is -2.13. The third kappa shape index (κ3) is 4.37. The van der Waals surface area contributed by atoms with Crippen molar-refractivity contribution in [3.63, 3.8) is 0 Å². The molecule has 5 nitrogen and oxygen atoms in total. The van der Waals surface area contributed by atoms with Gasteiger partial charge in [-0.05, 0) is 29.8 Å². The maximum Gasteiger partial charge on any atom is 0.318 e. The van der Waals surface area contributed by atoms with E-state index in [1.165, 1.54) is 30.3 Å². The summed E-state index contributed by atoms with van der Waals surface area (Å²) < 4.78 is 45.5. The molecule has 0 saturated heterocycles. The Morgan fingerprint density at radius 3 is 2.40 bits per heavy atom. The summed E-state index contributed by atoms with van der Waals surface area (Å²) in [6.07, 6.45) is 0.929. The van der Waals surface area contributed by atoms with Crippen LogP contribution in [0.4, 0.5) is 24.7 Å². The van der Waals surface area contributed by atoms with E-state index in [4.69, 9.17) is 4.74 Å². The van der Waals surface area contributed by atoms with Gasteiger partial charge in [0.25, 0.3) is 0 Å². The summed E-state index contributed by atoms with van der Waals surface area (Å²) in [6.45, 7) is 0.0894. The number of para-hydroxylation sites is 1. The molecule has 2 aromatic carbocycles. The number of rotatable bonds is 6. The molecule has 0 aliphatic carbocycles. The van der Waals surface area contributed by atoms with Gasteiger partial charge in [-0.15, -0.1) is 0 Å². The fourth-order valence-corrected chi connectivity index (χ4v) is 1.93. The molecule has 2 N–H and O–H groups in total. The summed E-state index contributed by atoms with van der Waals surface area (Å²) in [5.41, 5.74) is 5.83. The Kier molecular flexibility index (Phi) is 4.98. The van der Waals surface area contributed by atoms with Crippen LogP contribution >= 0.6 is 0 Å². The van der Waals surface area contributed by atoms with Crippen LogP contribution in [0, 0.1) is 17.5 Å². The Morgan fingerprint density at radius 2 is 1.64 bits per heavy atom. The first-order valence-electron chi connectivity index (χ1n) is 7.28. The van der Waals surface area contributed by atoms with Crippen LogP contribution in [0.1, 0.15) is 5.56 Å². The topological polar surface area (TPSA) is 59.1 Å². The summed E-state index contributed by atoms with van der Waals surface area (Å²) in [6, 6.07) is 11.5. The van der Waals surface area contributed by atoms with Gasteiger partial charge >= 0.3 is 6.01 Å². The van der Waals surface area contributed by atoms with E-state index in [0.717, 1.165) is 6.20 Å². The molecular weight excluding hydrogens is 333 g/mol. The molecular formula is C17H13F3N4O. The standard InChI is InChI=1S/C17H13F3N4O/c18-12-7-5-11(6-8-12)10-25-17-21-9-14(20)16(22-17)24-23-15-4-2-1-3-13(15)19/h1-9,23H,10H2,(H,21,22,24). The van der Waals surface area contributed by atoms with Crippen molar-refractivity contribution in [2.75, 3.05) is 10.9 Å². The molecule has 3 rings (SSSR count). The molecule has 3 aromatic rings. The Labute approximate surface area is 141 Å². The van der Waals surface area contributed by atoms with E-state index in [9.17, 15) is 13.2 Å². The van der Waals surface area contributed by atoms with Gasteiger partial charge in [-0.1, -0.05) is 24.3 Å². The quantitative estimate of drug-likeness (QED) is 0.663. The molecule has 128 valence electrons.